The minimum Gasteiger partial charge on any atom is -0.490 e. The lowest BCUT2D eigenvalue weighted by atomic mass is 9.93. The smallest absolute Gasteiger partial charge is 0.407 e. The minimum absolute atomic E-state index is 0. The van der Waals surface area contributed by atoms with Gasteiger partial charge in [0.25, 0.3) is 0 Å². The highest BCUT2D eigenvalue weighted by Crippen LogP contribution is 2.23. The van der Waals surface area contributed by atoms with Crippen LogP contribution >= 0.6 is 12.4 Å². The van der Waals surface area contributed by atoms with Crippen molar-refractivity contribution in [2.24, 2.45) is 0 Å². The molecule has 124 valence electrons. The van der Waals surface area contributed by atoms with Crippen LogP contribution in [-0.4, -0.2) is 28.8 Å². The number of rotatable bonds is 3. The molecule has 0 radical (unpaired) electrons. The van der Waals surface area contributed by atoms with Crippen molar-refractivity contribution in [2.75, 3.05) is 0 Å². The van der Waals surface area contributed by atoms with Gasteiger partial charge in [-0.05, 0) is 58.6 Å². The van der Waals surface area contributed by atoms with E-state index in [0.29, 0.717) is 0 Å². The average molecular weight is 329 g/mol. The molecule has 5 nitrogen and oxygen atoms in total. The van der Waals surface area contributed by atoms with Crippen LogP contribution in [0.5, 0.6) is 5.75 Å². The van der Waals surface area contributed by atoms with Crippen molar-refractivity contribution >= 4 is 18.5 Å². The first kappa shape index (κ1) is 18.6. The number of carbonyl (C=O) groups excluding carboxylic acids is 1. The fourth-order valence-electron chi connectivity index (χ4n) is 2.41. The molecule has 0 aromatic carbocycles. The summed E-state index contributed by atoms with van der Waals surface area (Å²) in [6.45, 7) is 5.60. The maximum Gasteiger partial charge on any atom is 0.407 e. The van der Waals surface area contributed by atoms with Crippen molar-refractivity contribution in [1.29, 1.82) is 0 Å². The van der Waals surface area contributed by atoms with Crippen LogP contribution < -0.4 is 10.1 Å². The molecular formula is C16H25ClN2O3. The second-order valence-electron chi connectivity index (χ2n) is 6.42. The van der Waals surface area contributed by atoms with E-state index in [2.05, 4.69) is 10.3 Å². The Kier molecular flexibility index (Phi) is 6.94. The second-order valence-corrected chi connectivity index (χ2v) is 6.42. The lowest BCUT2D eigenvalue weighted by Crippen LogP contribution is -2.42. The van der Waals surface area contributed by atoms with Gasteiger partial charge in [-0.15, -0.1) is 12.4 Å². The third-order valence-corrected chi connectivity index (χ3v) is 3.35. The summed E-state index contributed by atoms with van der Waals surface area (Å²) in [5.74, 6) is 0.855. The zero-order valence-electron chi connectivity index (χ0n) is 13.4. The molecule has 0 spiro atoms. The molecule has 0 aliphatic heterocycles. The van der Waals surface area contributed by atoms with E-state index in [1.165, 1.54) is 0 Å². The molecule has 0 bridgehead atoms. The van der Waals surface area contributed by atoms with E-state index in [-0.39, 0.29) is 30.6 Å². The van der Waals surface area contributed by atoms with Crippen molar-refractivity contribution in [1.82, 2.24) is 10.3 Å². The Morgan fingerprint density at radius 1 is 1.18 bits per heavy atom. The van der Waals surface area contributed by atoms with Crippen molar-refractivity contribution < 1.29 is 14.3 Å². The van der Waals surface area contributed by atoms with Gasteiger partial charge in [0.15, 0.2) is 0 Å². The van der Waals surface area contributed by atoms with Crippen LogP contribution in [0.2, 0.25) is 0 Å². The molecule has 1 heterocycles. The topological polar surface area (TPSA) is 60.5 Å². The lowest BCUT2D eigenvalue weighted by molar-refractivity contribution is 0.0471. The van der Waals surface area contributed by atoms with Crippen LogP contribution in [0.3, 0.4) is 0 Å². The molecule has 1 aromatic rings. The number of hydrogen-bond donors (Lipinski definition) is 1. The van der Waals surface area contributed by atoms with Crippen molar-refractivity contribution in [3.05, 3.63) is 24.5 Å². The molecule has 1 amide bonds. The molecular weight excluding hydrogens is 304 g/mol. The predicted molar refractivity (Wildman–Crippen MR) is 87.5 cm³/mol. The number of amides is 1. The SMILES string of the molecule is CC(C)(C)OC(=O)NC1CCC(Oc2ccncc2)CC1.Cl. The average Bonchev–Trinajstić information content (AvgIpc) is 2.40. The molecule has 0 saturated heterocycles. The highest BCUT2D eigenvalue weighted by Gasteiger charge is 2.25. The second kappa shape index (κ2) is 8.22. The molecule has 1 aliphatic rings. The van der Waals surface area contributed by atoms with E-state index in [4.69, 9.17) is 9.47 Å². The highest BCUT2D eigenvalue weighted by atomic mass is 35.5. The normalized spacial score (nSPS) is 21.4. The van der Waals surface area contributed by atoms with Crippen LogP contribution in [0.25, 0.3) is 0 Å². The van der Waals surface area contributed by atoms with Crippen LogP contribution in [0.4, 0.5) is 4.79 Å². The van der Waals surface area contributed by atoms with Crippen molar-refractivity contribution in [3.8, 4) is 5.75 Å². The maximum absolute atomic E-state index is 11.7. The highest BCUT2D eigenvalue weighted by molar-refractivity contribution is 5.85. The summed E-state index contributed by atoms with van der Waals surface area (Å²) >= 11 is 0. The van der Waals surface area contributed by atoms with Crippen molar-refractivity contribution in [3.63, 3.8) is 0 Å². The van der Waals surface area contributed by atoms with Gasteiger partial charge in [-0.2, -0.15) is 0 Å². The molecule has 1 fully saturated rings. The van der Waals surface area contributed by atoms with Gasteiger partial charge in [0, 0.05) is 18.4 Å². The van der Waals surface area contributed by atoms with Gasteiger partial charge in [0.2, 0.25) is 0 Å². The number of ether oxygens (including phenoxy) is 2. The molecule has 0 atom stereocenters. The quantitative estimate of drug-likeness (QED) is 0.918. The summed E-state index contributed by atoms with van der Waals surface area (Å²) in [4.78, 5) is 15.7. The number of hydrogen-bond acceptors (Lipinski definition) is 4. The third kappa shape index (κ3) is 6.52. The van der Waals surface area contributed by atoms with E-state index in [9.17, 15) is 4.79 Å². The Labute approximate surface area is 138 Å². The summed E-state index contributed by atoms with van der Waals surface area (Å²) in [6, 6.07) is 3.91. The van der Waals surface area contributed by atoms with E-state index in [1.807, 2.05) is 32.9 Å². The monoisotopic (exact) mass is 328 g/mol. The van der Waals surface area contributed by atoms with Gasteiger partial charge in [-0.25, -0.2) is 4.79 Å². The number of alkyl carbamates (subject to hydrolysis) is 1. The van der Waals surface area contributed by atoms with E-state index >= 15 is 0 Å². The number of nitrogens with one attached hydrogen (secondary N) is 1. The van der Waals surface area contributed by atoms with Crippen LogP contribution in [-0.2, 0) is 4.74 Å². The summed E-state index contributed by atoms with van der Waals surface area (Å²) in [6.07, 6.45) is 7.02. The van der Waals surface area contributed by atoms with Crippen LogP contribution in [0.1, 0.15) is 46.5 Å². The molecule has 1 aliphatic carbocycles. The number of halogens is 1. The number of aromatic nitrogens is 1. The zero-order valence-corrected chi connectivity index (χ0v) is 14.2. The number of nitrogens with zero attached hydrogens (tertiary/aromatic N) is 1. The Balaban J connectivity index is 0.00000242. The van der Waals surface area contributed by atoms with Gasteiger partial charge in [0.05, 0.1) is 6.10 Å². The van der Waals surface area contributed by atoms with Gasteiger partial charge in [-0.3, -0.25) is 4.98 Å². The molecule has 22 heavy (non-hydrogen) atoms. The van der Waals surface area contributed by atoms with E-state index < -0.39 is 5.60 Å². The van der Waals surface area contributed by atoms with Gasteiger partial charge >= 0.3 is 6.09 Å². The molecule has 1 saturated carbocycles. The molecule has 1 N–H and O–H groups in total. The molecule has 0 unspecified atom stereocenters. The standard InChI is InChI=1S/C16H24N2O3.ClH/c1-16(2,3)21-15(19)18-12-4-6-13(7-5-12)20-14-8-10-17-11-9-14;/h8-13H,4-7H2,1-3H3,(H,18,19);1H. The Bertz CT molecular complexity index is 454. The molecule has 6 heteroatoms. The van der Waals surface area contributed by atoms with Crippen LogP contribution in [0.15, 0.2) is 24.5 Å². The predicted octanol–water partition coefficient (Wildman–Crippen LogP) is 3.72. The first-order chi connectivity index (χ1) is 9.92. The Morgan fingerprint density at radius 2 is 1.77 bits per heavy atom. The first-order valence-corrected chi connectivity index (χ1v) is 7.48. The largest absolute Gasteiger partial charge is 0.490 e. The molecule has 1 aromatic heterocycles. The minimum atomic E-state index is -0.453. The lowest BCUT2D eigenvalue weighted by Gasteiger charge is -2.30. The number of pyridine rings is 1. The van der Waals surface area contributed by atoms with Crippen molar-refractivity contribution in [2.45, 2.75) is 64.2 Å². The fraction of sp³-hybridized carbons (Fsp3) is 0.625. The Morgan fingerprint density at radius 3 is 2.32 bits per heavy atom. The fourth-order valence-corrected chi connectivity index (χ4v) is 2.41. The third-order valence-electron chi connectivity index (χ3n) is 3.35. The summed E-state index contributed by atoms with van der Waals surface area (Å²) in [5.41, 5.74) is -0.453. The maximum atomic E-state index is 11.7. The van der Waals surface area contributed by atoms with Gasteiger partial charge in [-0.1, -0.05) is 0 Å². The van der Waals surface area contributed by atoms with E-state index in [1.54, 1.807) is 12.4 Å². The van der Waals surface area contributed by atoms with Gasteiger partial charge in [0.1, 0.15) is 11.4 Å². The summed E-state index contributed by atoms with van der Waals surface area (Å²) < 4.78 is 11.2. The Hall–Kier alpha value is -1.49. The van der Waals surface area contributed by atoms with Gasteiger partial charge < -0.3 is 14.8 Å². The van der Waals surface area contributed by atoms with Crippen LogP contribution in [0, 0.1) is 0 Å². The number of carbonyl (C=O) groups is 1. The first-order valence-electron chi connectivity index (χ1n) is 7.48. The van der Waals surface area contributed by atoms with E-state index in [0.717, 1.165) is 31.4 Å². The molecule has 2 rings (SSSR count). The summed E-state index contributed by atoms with van der Waals surface area (Å²) in [7, 11) is 0. The summed E-state index contributed by atoms with van der Waals surface area (Å²) in [5, 5.41) is 2.93. The zero-order chi connectivity index (χ0) is 15.3.